The highest BCUT2D eigenvalue weighted by Crippen LogP contribution is 2.34. The van der Waals surface area contributed by atoms with Crippen molar-refractivity contribution in [1.29, 1.82) is 0 Å². The molecule has 1 aliphatic rings. The number of fused-ring (bicyclic) bond motifs is 1. The predicted molar refractivity (Wildman–Crippen MR) is 82.7 cm³/mol. The quantitative estimate of drug-likeness (QED) is 0.748. The molecule has 2 atom stereocenters. The van der Waals surface area contributed by atoms with Gasteiger partial charge in [0.25, 0.3) is 0 Å². The number of aliphatic hydroxyl groups excluding tert-OH is 1. The number of aliphatic hydroxyl groups is 1. The molecule has 1 aromatic rings. The maximum absolute atomic E-state index is 11.5. The molecule has 0 spiro atoms. The lowest BCUT2D eigenvalue weighted by Crippen LogP contribution is -2.35. The van der Waals surface area contributed by atoms with Gasteiger partial charge in [0.05, 0.1) is 0 Å². The van der Waals surface area contributed by atoms with Gasteiger partial charge in [0, 0.05) is 24.7 Å². The third-order valence-corrected chi connectivity index (χ3v) is 3.52. The highest BCUT2D eigenvalue weighted by atomic mass is 16.5. The van der Waals surface area contributed by atoms with E-state index >= 15 is 0 Å². The van der Waals surface area contributed by atoms with Crippen LogP contribution in [0.3, 0.4) is 0 Å². The van der Waals surface area contributed by atoms with Crippen LogP contribution in [0.15, 0.2) is 18.2 Å². The molecule has 5 heteroatoms. The highest BCUT2D eigenvalue weighted by molar-refractivity contribution is 5.94. The van der Waals surface area contributed by atoms with Crippen molar-refractivity contribution < 1.29 is 14.6 Å². The molecule has 1 aromatic carbocycles. The van der Waals surface area contributed by atoms with Crippen molar-refractivity contribution >= 4 is 11.6 Å². The minimum atomic E-state index is -0.541. The monoisotopic (exact) mass is 292 g/mol. The Kier molecular flexibility index (Phi) is 5.20. The zero-order valence-electron chi connectivity index (χ0n) is 12.8. The predicted octanol–water partition coefficient (Wildman–Crippen LogP) is 1.87. The summed E-state index contributed by atoms with van der Waals surface area (Å²) < 4.78 is 5.64. The van der Waals surface area contributed by atoms with E-state index in [1.54, 1.807) is 0 Å². The van der Waals surface area contributed by atoms with Gasteiger partial charge in [-0.2, -0.15) is 0 Å². The zero-order chi connectivity index (χ0) is 15.4. The number of carbonyl (C=O) groups excluding carboxylic acids is 1. The summed E-state index contributed by atoms with van der Waals surface area (Å²) in [6.45, 7) is 6.86. The lowest BCUT2D eigenvalue weighted by atomic mass is 9.92. The molecule has 0 saturated carbocycles. The van der Waals surface area contributed by atoms with E-state index in [1.165, 1.54) is 0 Å². The SMILES string of the molecule is CC(C)NCC(O)COc1ccc2c(c1)C(C)CC(=O)N2. The third kappa shape index (κ3) is 4.44. The molecule has 0 bridgehead atoms. The highest BCUT2D eigenvalue weighted by Gasteiger charge is 2.22. The summed E-state index contributed by atoms with van der Waals surface area (Å²) in [5, 5.41) is 15.9. The summed E-state index contributed by atoms with van der Waals surface area (Å²) in [6.07, 6.45) is -0.0437. The average molecular weight is 292 g/mol. The maximum atomic E-state index is 11.5. The standard InChI is InChI=1S/C16H24N2O3/c1-10(2)17-8-12(19)9-21-13-4-5-15-14(7-13)11(3)6-16(20)18-15/h4-5,7,10-12,17,19H,6,8-9H2,1-3H3,(H,18,20). The van der Waals surface area contributed by atoms with Crippen molar-refractivity contribution in [2.75, 3.05) is 18.5 Å². The fourth-order valence-corrected chi connectivity index (χ4v) is 2.36. The van der Waals surface area contributed by atoms with Crippen LogP contribution in [-0.4, -0.2) is 36.3 Å². The summed E-state index contributed by atoms with van der Waals surface area (Å²) in [7, 11) is 0. The maximum Gasteiger partial charge on any atom is 0.224 e. The summed E-state index contributed by atoms with van der Waals surface area (Å²) in [5.74, 6) is 0.962. The van der Waals surface area contributed by atoms with E-state index < -0.39 is 6.10 Å². The molecule has 0 aliphatic carbocycles. The Morgan fingerprint density at radius 2 is 2.24 bits per heavy atom. The second kappa shape index (κ2) is 6.91. The molecule has 5 nitrogen and oxygen atoms in total. The number of hydrogen-bond donors (Lipinski definition) is 3. The molecule has 2 rings (SSSR count). The summed E-state index contributed by atoms with van der Waals surface area (Å²) in [6, 6.07) is 5.96. The second-order valence-corrected chi connectivity index (χ2v) is 5.93. The van der Waals surface area contributed by atoms with Gasteiger partial charge in [0.15, 0.2) is 0 Å². The molecule has 0 fully saturated rings. The molecular weight excluding hydrogens is 268 g/mol. The Morgan fingerprint density at radius 1 is 1.48 bits per heavy atom. The number of anilines is 1. The van der Waals surface area contributed by atoms with Crippen molar-refractivity contribution in [1.82, 2.24) is 5.32 Å². The number of ether oxygens (including phenoxy) is 1. The van der Waals surface area contributed by atoms with Gasteiger partial charge in [-0.05, 0) is 29.7 Å². The Balaban J connectivity index is 1.93. The smallest absolute Gasteiger partial charge is 0.224 e. The van der Waals surface area contributed by atoms with Gasteiger partial charge in [0.2, 0.25) is 5.91 Å². The van der Waals surface area contributed by atoms with E-state index in [4.69, 9.17) is 4.74 Å². The van der Waals surface area contributed by atoms with Crippen LogP contribution in [0.4, 0.5) is 5.69 Å². The van der Waals surface area contributed by atoms with E-state index in [0.29, 0.717) is 19.0 Å². The largest absolute Gasteiger partial charge is 0.491 e. The molecule has 1 amide bonds. The lowest BCUT2D eigenvalue weighted by molar-refractivity contribution is -0.116. The molecule has 1 aliphatic heterocycles. The number of nitrogens with one attached hydrogen (secondary N) is 2. The van der Waals surface area contributed by atoms with Crippen LogP contribution in [0.5, 0.6) is 5.75 Å². The average Bonchev–Trinajstić information content (AvgIpc) is 2.43. The molecule has 21 heavy (non-hydrogen) atoms. The Hall–Kier alpha value is -1.59. The molecule has 0 radical (unpaired) electrons. The van der Waals surface area contributed by atoms with Gasteiger partial charge in [-0.3, -0.25) is 4.79 Å². The summed E-state index contributed by atoms with van der Waals surface area (Å²) in [4.78, 5) is 11.5. The fourth-order valence-electron chi connectivity index (χ4n) is 2.36. The van der Waals surface area contributed by atoms with Gasteiger partial charge in [-0.15, -0.1) is 0 Å². The minimum Gasteiger partial charge on any atom is -0.491 e. The molecule has 1 heterocycles. The Morgan fingerprint density at radius 3 is 2.95 bits per heavy atom. The minimum absolute atomic E-state index is 0.0545. The lowest BCUT2D eigenvalue weighted by Gasteiger charge is -2.23. The Bertz CT molecular complexity index is 502. The molecule has 0 saturated heterocycles. The molecular formula is C16H24N2O3. The zero-order valence-corrected chi connectivity index (χ0v) is 12.8. The normalized spacial score (nSPS) is 19.1. The number of rotatable bonds is 6. The number of carbonyl (C=O) groups is 1. The van der Waals surface area contributed by atoms with E-state index in [-0.39, 0.29) is 18.4 Å². The van der Waals surface area contributed by atoms with E-state index in [0.717, 1.165) is 17.0 Å². The van der Waals surface area contributed by atoms with Gasteiger partial charge in [0.1, 0.15) is 18.5 Å². The molecule has 3 N–H and O–H groups in total. The van der Waals surface area contributed by atoms with E-state index in [9.17, 15) is 9.90 Å². The van der Waals surface area contributed by atoms with Gasteiger partial charge >= 0.3 is 0 Å². The summed E-state index contributed by atoms with van der Waals surface area (Å²) in [5.41, 5.74) is 1.94. The van der Waals surface area contributed by atoms with Crippen LogP contribution in [0, 0.1) is 0 Å². The molecule has 2 unspecified atom stereocenters. The van der Waals surface area contributed by atoms with Crippen LogP contribution in [-0.2, 0) is 4.79 Å². The van der Waals surface area contributed by atoms with Crippen LogP contribution in [0.25, 0.3) is 0 Å². The fraction of sp³-hybridized carbons (Fsp3) is 0.562. The first-order valence-corrected chi connectivity index (χ1v) is 7.43. The van der Waals surface area contributed by atoms with Crippen molar-refractivity contribution in [2.45, 2.75) is 45.3 Å². The van der Waals surface area contributed by atoms with Crippen LogP contribution in [0.1, 0.15) is 38.7 Å². The van der Waals surface area contributed by atoms with Gasteiger partial charge in [-0.1, -0.05) is 20.8 Å². The van der Waals surface area contributed by atoms with Gasteiger partial charge in [-0.25, -0.2) is 0 Å². The number of benzene rings is 1. The number of hydrogen-bond acceptors (Lipinski definition) is 4. The van der Waals surface area contributed by atoms with Crippen molar-refractivity contribution in [3.63, 3.8) is 0 Å². The molecule has 116 valence electrons. The second-order valence-electron chi connectivity index (χ2n) is 5.93. The van der Waals surface area contributed by atoms with Crippen molar-refractivity contribution in [3.8, 4) is 5.75 Å². The molecule has 0 aromatic heterocycles. The van der Waals surface area contributed by atoms with E-state index in [1.807, 2.05) is 39.0 Å². The summed E-state index contributed by atoms with van der Waals surface area (Å²) >= 11 is 0. The van der Waals surface area contributed by atoms with Gasteiger partial charge < -0.3 is 20.5 Å². The first kappa shape index (κ1) is 15.8. The third-order valence-electron chi connectivity index (χ3n) is 3.52. The van der Waals surface area contributed by atoms with Crippen LogP contribution >= 0.6 is 0 Å². The number of amides is 1. The van der Waals surface area contributed by atoms with Crippen molar-refractivity contribution in [3.05, 3.63) is 23.8 Å². The Labute approximate surface area is 125 Å². The first-order valence-electron chi connectivity index (χ1n) is 7.43. The van der Waals surface area contributed by atoms with Crippen LogP contribution < -0.4 is 15.4 Å². The van der Waals surface area contributed by atoms with Crippen LogP contribution in [0.2, 0.25) is 0 Å². The van der Waals surface area contributed by atoms with E-state index in [2.05, 4.69) is 10.6 Å². The van der Waals surface area contributed by atoms with Crippen molar-refractivity contribution in [2.24, 2.45) is 0 Å². The first-order chi connectivity index (χ1) is 9.95. The topological polar surface area (TPSA) is 70.6 Å².